The fraction of sp³-hybridized carbons (Fsp3) is 0.304. The number of alkyl halides is 2. The SMILES string of the molecule is CC(C)CNC(=O)NC(=O)C(C)Sc1nc2ccccc2c(=O)n1-c1ccc(OC(F)F)cc1. The summed E-state index contributed by atoms with van der Waals surface area (Å²) in [6.07, 6.45) is 0. The van der Waals surface area contributed by atoms with Crippen molar-refractivity contribution < 1.29 is 23.1 Å². The lowest BCUT2D eigenvalue weighted by Gasteiger charge is -2.17. The number of imide groups is 1. The van der Waals surface area contributed by atoms with Gasteiger partial charge in [-0.1, -0.05) is 37.7 Å². The van der Waals surface area contributed by atoms with Crippen molar-refractivity contribution in [3.63, 3.8) is 0 Å². The number of benzene rings is 2. The molecule has 0 aliphatic heterocycles. The van der Waals surface area contributed by atoms with E-state index in [2.05, 4.69) is 20.4 Å². The minimum atomic E-state index is -2.97. The van der Waals surface area contributed by atoms with Crippen LogP contribution >= 0.6 is 11.8 Å². The van der Waals surface area contributed by atoms with Crippen LogP contribution in [-0.4, -0.2) is 39.9 Å². The summed E-state index contributed by atoms with van der Waals surface area (Å²) in [5.74, 6) is -0.392. The summed E-state index contributed by atoms with van der Waals surface area (Å²) in [5.41, 5.74) is 0.402. The van der Waals surface area contributed by atoms with E-state index in [4.69, 9.17) is 0 Å². The predicted octanol–water partition coefficient (Wildman–Crippen LogP) is 3.95. The van der Waals surface area contributed by atoms with Crippen LogP contribution in [0.2, 0.25) is 0 Å². The van der Waals surface area contributed by atoms with E-state index in [0.29, 0.717) is 23.1 Å². The van der Waals surface area contributed by atoms with E-state index in [1.54, 1.807) is 31.2 Å². The Morgan fingerprint density at radius 3 is 2.41 bits per heavy atom. The maximum atomic E-state index is 13.3. The van der Waals surface area contributed by atoms with Crippen molar-refractivity contribution in [1.29, 1.82) is 0 Å². The quantitative estimate of drug-likeness (QED) is 0.366. The molecule has 3 aromatic rings. The van der Waals surface area contributed by atoms with Crippen LogP contribution in [0.4, 0.5) is 13.6 Å². The lowest BCUT2D eigenvalue weighted by atomic mass is 10.2. The van der Waals surface area contributed by atoms with Gasteiger partial charge in [-0.15, -0.1) is 0 Å². The van der Waals surface area contributed by atoms with Gasteiger partial charge >= 0.3 is 12.6 Å². The summed E-state index contributed by atoms with van der Waals surface area (Å²) in [5, 5.41) is 4.67. The molecule has 3 amide bonds. The first-order valence-electron chi connectivity index (χ1n) is 10.5. The highest BCUT2D eigenvalue weighted by molar-refractivity contribution is 8.00. The van der Waals surface area contributed by atoms with Crippen molar-refractivity contribution in [3.05, 3.63) is 58.9 Å². The summed E-state index contributed by atoms with van der Waals surface area (Å²) in [4.78, 5) is 42.3. The molecular weight excluding hydrogens is 466 g/mol. The molecular formula is C23H24F2N4O4S. The molecule has 0 aliphatic carbocycles. The summed E-state index contributed by atoms with van der Waals surface area (Å²) >= 11 is 0.992. The molecule has 0 bridgehead atoms. The van der Waals surface area contributed by atoms with Crippen LogP contribution in [0, 0.1) is 5.92 Å². The highest BCUT2D eigenvalue weighted by Crippen LogP contribution is 2.26. The van der Waals surface area contributed by atoms with E-state index in [1.807, 2.05) is 13.8 Å². The second-order valence-corrected chi connectivity index (χ2v) is 9.09. The molecule has 34 heavy (non-hydrogen) atoms. The third kappa shape index (κ3) is 6.31. The van der Waals surface area contributed by atoms with Gasteiger partial charge in [0.25, 0.3) is 5.56 Å². The molecule has 0 aliphatic rings. The van der Waals surface area contributed by atoms with E-state index in [-0.39, 0.29) is 16.8 Å². The fourth-order valence-corrected chi connectivity index (χ4v) is 3.89. The summed E-state index contributed by atoms with van der Waals surface area (Å²) in [6.45, 7) is 2.88. The van der Waals surface area contributed by atoms with Crippen LogP contribution in [-0.2, 0) is 4.79 Å². The second-order valence-electron chi connectivity index (χ2n) is 7.78. The molecule has 0 radical (unpaired) electrons. The molecule has 0 fully saturated rings. The van der Waals surface area contributed by atoms with Gasteiger partial charge in [-0.05, 0) is 49.2 Å². The van der Waals surface area contributed by atoms with Gasteiger partial charge in [0, 0.05) is 6.54 Å². The molecule has 8 nitrogen and oxygen atoms in total. The lowest BCUT2D eigenvalue weighted by Crippen LogP contribution is -2.43. The number of ether oxygens (including phenoxy) is 1. The largest absolute Gasteiger partial charge is 0.435 e. The standard InChI is InChI=1S/C23H24F2N4O4S/c1-13(2)12-26-22(32)28-19(30)14(3)34-23-27-18-7-5-4-6-17(18)20(31)29(23)15-8-10-16(11-9-15)33-21(24)25/h4-11,13-14,21H,12H2,1-3H3,(H2,26,28,30,32). The number of para-hydroxylation sites is 1. The Hall–Kier alpha value is -3.47. The smallest absolute Gasteiger partial charge is 0.387 e. The molecule has 0 saturated heterocycles. The number of fused-ring (bicyclic) bond motifs is 1. The van der Waals surface area contributed by atoms with Gasteiger partial charge in [-0.2, -0.15) is 8.78 Å². The fourth-order valence-electron chi connectivity index (χ4n) is 2.96. The topological polar surface area (TPSA) is 102 Å². The van der Waals surface area contributed by atoms with Gasteiger partial charge in [0.2, 0.25) is 5.91 Å². The lowest BCUT2D eigenvalue weighted by molar-refractivity contribution is -0.119. The van der Waals surface area contributed by atoms with Crippen LogP contribution < -0.4 is 20.9 Å². The number of thioether (sulfide) groups is 1. The van der Waals surface area contributed by atoms with Crippen LogP contribution in [0.1, 0.15) is 20.8 Å². The number of hydrogen-bond donors (Lipinski definition) is 2. The summed E-state index contributed by atoms with van der Waals surface area (Å²) in [7, 11) is 0. The molecule has 0 spiro atoms. The molecule has 2 aromatic carbocycles. The van der Waals surface area contributed by atoms with Gasteiger partial charge in [0.1, 0.15) is 5.75 Å². The first kappa shape index (κ1) is 25.2. The van der Waals surface area contributed by atoms with Crippen LogP contribution in [0.15, 0.2) is 58.5 Å². The Labute approximate surface area is 198 Å². The number of aromatic nitrogens is 2. The average Bonchev–Trinajstić information content (AvgIpc) is 2.78. The monoisotopic (exact) mass is 490 g/mol. The minimum absolute atomic E-state index is 0.0603. The third-order valence-electron chi connectivity index (χ3n) is 4.62. The van der Waals surface area contributed by atoms with Crippen molar-refractivity contribution in [1.82, 2.24) is 20.2 Å². The first-order chi connectivity index (χ1) is 16.2. The number of nitrogens with one attached hydrogen (secondary N) is 2. The van der Waals surface area contributed by atoms with E-state index in [9.17, 15) is 23.2 Å². The van der Waals surface area contributed by atoms with Crippen molar-refractivity contribution in [2.24, 2.45) is 5.92 Å². The second kappa shape index (κ2) is 11.1. The Morgan fingerprint density at radius 2 is 1.76 bits per heavy atom. The number of hydrogen-bond acceptors (Lipinski definition) is 6. The highest BCUT2D eigenvalue weighted by Gasteiger charge is 2.22. The minimum Gasteiger partial charge on any atom is -0.435 e. The first-order valence-corrected chi connectivity index (χ1v) is 11.4. The van der Waals surface area contributed by atoms with Crippen LogP contribution in [0.25, 0.3) is 16.6 Å². The Morgan fingerprint density at radius 1 is 1.09 bits per heavy atom. The Bertz CT molecular complexity index is 1230. The zero-order chi connectivity index (χ0) is 24.8. The van der Waals surface area contributed by atoms with Crippen molar-refractivity contribution in [3.8, 4) is 11.4 Å². The van der Waals surface area contributed by atoms with Gasteiger partial charge in [-0.3, -0.25) is 19.5 Å². The van der Waals surface area contributed by atoms with Gasteiger partial charge in [0.15, 0.2) is 5.16 Å². The number of urea groups is 1. The van der Waals surface area contributed by atoms with Gasteiger partial charge in [0.05, 0.1) is 21.8 Å². The van der Waals surface area contributed by atoms with Crippen molar-refractivity contribution in [2.75, 3.05) is 6.54 Å². The van der Waals surface area contributed by atoms with Gasteiger partial charge in [-0.25, -0.2) is 9.78 Å². The Balaban J connectivity index is 1.92. The number of amides is 3. The predicted molar refractivity (Wildman–Crippen MR) is 126 cm³/mol. The molecule has 1 heterocycles. The molecule has 0 saturated carbocycles. The van der Waals surface area contributed by atoms with Crippen LogP contribution in [0.3, 0.4) is 0 Å². The maximum Gasteiger partial charge on any atom is 0.387 e. The molecule has 180 valence electrons. The van der Waals surface area contributed by atoms with E-state index < -0.39 is 29.4 Å². The Kier molecular flexibility index (Phi) is 8.21. The number of carbonyl (C=O) groups excluding carboxylic acids is 2. The highest BCUT2D eigenvalue weighted by atomic mass is 32.2. The molecule has 2 N–H and O–H groups in total. The molecule has 1 aromatic heterocycles. The number of carbonyl (C=O) groups is 2. The molecule has 3 rings (SSSR count). The normalized spacial score (nSPS) is 12.1. The summed E-state index contributed by atoms with van der Waals surface area (Å²) in [6, 6.07) is 11.7. The van der Waals surface area contributed by atoms with Gasteiger partial charge < -0.3 is 10.1 Å². The van der Waals surface area contributed by atoms with Crippen molar-refractivity contribution in [2.45, 2.75) is 37.8 Å². The number of halogens is 2. The average molecular weight is 491 g/mol. The van der Waals surface area contributed by atoms with Crippen molar-refractivity contribution >= 4 is 34.6 Å². The summed E-state index contributed by atoms with van der Waals surface area (Å²) < 4.78 is 30.6. The molecule has 1 atom stereocenters. The zero-order valence-corrected chi connectivity index (χ0v) is 19.6. The molecule has 1 unspecified atom stereocenters. The van der Waals surface area contributed by atoms with E-state index in [1.165, 1.54) is 28.8 Å². The maximum absolute atomic E-state index is 13.3. The zero-order valence-electron chi connectivity index (χ0n) is 18.7. The molecule has 11 heteroatoms. The van der Waals surface area contributed by atoms with E-state index in [0.717, 1.165) is 11.8 Å². The number of nitrogens with zero attached hydrogens (tertiary/aromatic N) is 2. The van der Waals surface area contributed by atoms with Crippen LogP contribution in [0.5, 0.6) is 5.75 Å². The number of rotatable bonds is 8. The third-order valence-corrected chi connectivity index (χ3v) is 5.68. The van der Waals surface area contributed by atoms with E-state index >= 15 is 0 Å².